The van der Waals surface area contributed by atoms with E-state index < -0.39 is 5.92 Å². The Hall–Kier alpha value is -4.11. The van der Waals surface area contributed by atoms with E-state index in [1.54, 1.807) is 21.3 Å². The molecule has 0 aromatic heterocycles. The second-order valence-electron chi connectivity index (χ2n) is 12.1. The number of methoxy groups -OCH3 is 3. The quantitative estimate of drug-likeness (QED) is 0.317. The Bertz CT molecular complexity index is 1490. The average Bonchev–Trinajstić information content (AvgIpc) is 3.69. The number of carbonyl (C=O) groups is 1. The fraction of sp³-hybridized carbons (Fsp3) is 0.457. The Morgan fingerprint density at radius 3 is 2.18 bits per heavy atom. The summed E-state index contributed by atoms with van der Waals surface area (Å²) in [6.45, 7) is 4.00. The average molecular weight is 601 g/mol. The molecule has 0 saturated carbocycles. The lowest BCUT2D eigenvalue weighted by atomic mass is 9.65. The van der Waals surface area contributed by atoms with Crippen molar-refractivity contribution < 1.29 is 33.2 Å². The molecule has 2 fully saturated rings. The number of ether oxygens (including phenoxy) is 6. The lowest BCUT2D eigenvalue weighted by Gasteiger charge is -2.40. The Morgan fingerprint density at radius 2 is 1.52 bits per heavy atom. The van der Waals surface area contributed by atoms with Gasteiger partial charge in [-0.05, 0) is 91.0 Å². The molecule has 232 valence electrons. The zero-order chi connectivity index (χ0) is 30.2. The molecule has 0 bridgehead atoms. The summed E-state index contributed by atoms with van der Waals surface area (Å²) in [7, 11) is 4.78. The highest BCUT2D eigenvalue weighted by Crippen LogP contribution is 2.56. The van der Waals surface area contributed by atoms with E-state index in [0.717, 1.165) is 35.3 Å². The number of benzene rings is 3. The van der Waals surface area contributed by atoms with Gasteiger partial charge in [-0.3, -0.25) is 4.79 Å². The third kappa shape index (κ3) is 5.17. The molecule has 1 aliphatic carbocycles. The van der Waals surface area contributed by atoms with Crippen molar-refractivity contribution in [1.82, 2.24) is 4.90 Å². The normalized spacial score (nSPS) is 23.8. The smallest absolute Gasteiger partial charge is 0.310 e. The van der Waals surface area contributed by atoms with Gasteiger partial charge < -0.3 is 38.6 Å². The standard InChI is InChI=1S/C35H40N2O7/c1-39-29-15-22(16-30(40-2)34(29)41-3)31-24-17-27-28(44-20-43-27)18-25(24)33(26-19-42-35(38)32(26)31)36-23-9-7-21(8-10-23)11-14-37-12-5-4-6-13-37/h7-10,15-18,26,31-33,36H,4-6,11-14,19-20H2,1-3H3/t26-,31+,32-,33+/m0/s1. The van der Waals surface area contributed by atoms with E-state index in [-0.39, 0.29) is 30.6 Å². The van der Waals surface area contributed by atoms with Crippen molar-refractivity contribution in [3.8, 4) is 28.7 Å². The zero-order valence-corrected chi connectivity index (χ0v) is 25.6. The van der Waals surface area contributed by atoms with Gasteiger partial charge >= 0.3 is 5.97 Å². The van der Waals surface area contributed by atoms with Crippen LogP contribution >= 0.6 is 0 Å². The van der Waals surface area contributed by atoms with E-state index in [0.29, 0.717) is 35.4 Å². The number of nitrogens with one attached hydrogen (secondary N) is 1. The number of carbonyl (C=O) groups excluding carboxylic acids is 1. The molecule has 1 N–H and O–H groups in total. The topological polar surface area (TPSA) is 87.7 Å². The SMILES string of the molecule is COc1cc([C@@H]2c3cc4c(cc3[C@@H](Nc3ccc(CCN5CCCCC5)cc3)[C@H]3COC(=O)[C@H]23)OCO4)cc(OC)c1OC. The molecule has 9 nitrogen and oxygen atoms in total. The summed E-state index contributed by atoms with van der Waals surface area (Å²) < 4.78 is 34.4. The maximum Gasteiger partial charge on any atom is 0.310 e. The first-order chi connectivity index (χ1) is 21.6. The van der Waals surface area contributed by atoms with Gasteiger partial charge in [-0.2, -0.15) is 0 Å². The van der Waals surface area contributed by atoms with E-state index in [2.05, 4.69) is 40.5 Å². The van der Waals surface area contributed by atoms with Gasteiger partial charge in [-0.25, -0.2) is 0 Å². The predicted octanol–water partition coefficient (Wildman–Crippen LogP) is 5.56. The van der Waals surface area contributed by atoms with E-state index in [9.17, 15) is 4.79 Å². The molecule has 3 aromatic carbocycles. The van der Waals surface area contributed by atoms with Gasteiger partial charge in [0.05, 0.1) is 39.9 Å². The number of rotatable bonds is 9. The molecule has 3 heterocycles. The molecule has 0 spiro atoms. The molecule has 2 saturated heterocycles. The molecule has 9 heteroatoms. The molecule has 3 aromatic rings. The fourth-order valence-electron chi connectivity index (χ4n) is 7.45. The monoisotopic (exact) mass is 600 g/mol. The summed E-state index contributed by atoms with van der Waals surface area (Å²) in [5.74, 6) is 1.88. The van der Waals surface area contributed by atoms with Gasteiger partial charge in [0, 0.05) is 24.1 Å². The maximum absolute atomic E-state index is 13.5. The molecule has 0 radical (unpaired) electrons. The van der Waals surface area contributed by atoms with Crippen molar-refractivity contribution in [2.24, 2.45) is 11.8 Å². The van der Waals surface area contributed by atoms with Crippen molar-refractivity contribution in [2.75, 3.05) is 59.7 Å². The Morgan fingerprint density at radius 1 is 0.841 bits per heavy atom. The summed E-state index contributed by atoms with van der Waals surface area (Å²) in [6.07, 6.45) is 5.01. The van der Waals surface area contributed by atoms with Crippen LogP contribution in [0.25, 0.3) is 0 Å². The summed E-state index contributed by atoms with van der Waals surface area (Å²) in [6, 6.07) is 16.5. The van der Waals surface area contributed by atoms with Crippen molar-refractivity contribution in [3.05, 3.63) is 70.8 Å². The van der Waals surface area contributed by atoms with Gasteiger partial charge in [-0.1, -0.05) is 18.6 Å². The first kappa shape index (κ1) is 28.6. The van der Waals surface area contributed by atoms with E-state index in [4.69, 9.17) is 28.4 Å². The zero-order valence-electron chi connectivity index (χ0n) is 25.6. The van der Waals surface area contributed by atoms with Crippen LogP contribution in [0.1, 0.15) is 53.5 Å². The van der Waals surface area contributed by atoms with Crippen LogP contribution < -0.4 is 29.0 Å². The van der Waals surface area contributed by atoms with Gasteiger partial charge in [-0.15, -0.1) is 0 Å². The first-order valence-electron chi connectivity index (χ1n) is 15.6. The number of nitrogens with zero attached hydrogens (tertiary/aromatic N) is 1. The third-order valence-electron chi connectivity index (χ3n) is 9.67. The summed E-state index contributed by atoms with van der Waals surface area (Å²) >= 11 is 0. The Balaban J connectivity index is 1.24. The number of cyclic esters (lactones) is 1. The van der Waals surface area contributed by atoms with E-state index >= 15 is 0 Å². The number of hydrogen-bond acceptors (Lipinski definition) is 9. The third-order valence-corrected chi connectivity index (χ3v) is 9.67. The van der Waals surface area contributed by atoms with Crippen LogP contribution in [0.5, 0.6) is 28.7 Å². The van der Waals surface area contributed by atoms with Crippen molar-refractivity contribution in [2.45, 2.75) is 37.6 Å². The van der Waals surface area contributed by atoms with Crippen LogP contribution in [0, 0.1) is 11.8 Å². The highest BCUT2D eigenvalue weighted by atomic mass is 16.7. The van der Waals surface area contributed by atoms with Gasteiger partial charge in [0.25, 0.3) is 0 Å². The van der Waals surface area contributed by atoms with E-state index in [1.165, 1.54) is 37.9 Å². The minimum absolute atomic E-state index is 0.113. The molecular weight excluding hydrogens is 560 g/mol. The highest BCUT2D eigenvalue weighted by Gasteiger charge is 2.52. The summed E-state index contributed by atoms with van der Waals surface area (Å²) in [5, 5.41) is 3.78. The minimum atomic E-state index is -0.424. The lowest BCUT2D eigenvalue weighted by Crippen LogP contribution is -2.37. The van der Waals surface area contributed by atoms with Crippen molar-refractivity contribution in [3.63, 3.8) is 0 Å². The predicted molar refractivity (Wildman–Crippen MR) is 165 cm³/mol. The molecule has 4 atom stereocenters. The molecule has 44 heavy (non-hydrogen) atoms. The summed E-state index contributed by atoms with van der Waals surface area (Å²) in [5.41, 5.74) is 5.25. The number of anilines is 1. The molecule has 3 aliphatic heterocycles. The second-order valence-corrected chi connectivity index (χ2v) is 12.1. The Kier molecular flexibility index (Phi) is 7.89. The maximum atomic E-state index is 13.5. The van der Waals surface area contributed by atoms with Crippen LogP contribution in [-0.4, -0.2) is 65.2 Å². The fourth-order valence-corrected chi connectivity index (χ4v) is 7.45. The molecule has 0 amide bonds. The van der Waals surface area contributed by atoms with Gasteiger partial charge in [0.15, 0.2) is 23.0 Å². The van der Waals surface area contributed by atoms with Crippen LogP contribution in [0.2, 0.25) is 0 Å². The van der Waals surface area contributed by atoms with E-state index in [1.807, 2.05) is 18.2 Å². The first-order valence-corrected chi connectivity index (χ1v) is 15.6. The Labute approximate surface area is 258 Å². The number of likely N-dealkylation sites (tertiary alicyclic amines) is 1. The molecule has 0 unspecified atom stereocenters. The number of fused-ring (bicyclic) bond motifs is 3. The van der Waals surface area contributed by atoms with Crippen LogP contribution in [0.15, 0.2) is 48.5 Å². The second kappa shape index (κ2) is 12.1. The number of esters is 1. The molecule has 4 aliphatic rings. The lowest BCUT2D eigenvalue weighted by molar-refractivity contribution is -0.141. The number of hydrogen-bond donors (Lipinski definition) is 1. The minimum Gasteiger partial charge on any atom is -0.493 e. The van der Waals surface area contributed by atoms with Gasteiger partial charge in [0.2, 0.25) is 12.5 Å². The van der Waals surface area contributed by atoms with Crippen LogP contribution in [-0.2, 0) is 16.0 Å². The largest absolute Gasteiger partial charge is 0.493 e. The highest BCUT2D eigenvalue weighted by molar-refractivity contribution is 5.79. The van der Waals surface area contributed by atoms with Gasteiger partial charge in [0.1, 0.15) is 0 Å². The van der Waals surface area contributed by atoms with Crippen LogP contribution in [0.4, 0.5) is 5.69 Å². The summed E-state index contributed by atoms with van der Waals surface area (Å²) in [4.78, 5) is 16.1. The van der Waals surface area contributed by atoms with Crippen LogP contribution in [0.3, 0.4) is 0 Å². The van der Waals surface area contributed by atoms with Crippen molar-refractivity contribution in [1.29, 1.82) is 0 Å². The molecule has 7 rings (SSSR count). The van der Waals surface area contributed by atoms with Crippen molar-refractivity contribution >= 4 is 11.7 Å². The molecular formula is C35H40N2O7. The number of piperidine rings is 1.